The minimum atomic E-state index is -3.51. The van der Waals surface area contributed by atoms with Gasteiger partial charge in [-0.05, 0) is 37.7 Å². The number of carboxylic acids is 1. The van der Waals surface area contributed by atoms with E-state index in [0.717, 1.165) is 13.0 Å². The molecule has 0 amide bonds. The molecule has 0 unspecified atom stereocenters. The van der Waals surface area contributed by atoms with Crippen LogP contribution in [0.5, 0.6) is 0 Å². The Morgan fingerprint density at radius 3 is 2.40 bits per heavy atom. The standard InChI is InChI=1S/C13H20N2O4S/c1-14-8-3-9-15(2)20(18,19)12-6-4-11(5-7-12)10-13(16)17/h4-7,14H,3,8-10H2,1-2H3,(H,16,17). The lowest BCUT2D eigenvalue weighted by atomic mass is 10.2. The highest BCUT2D eigenvalue weighted by molar-refractivity contribution is 7.89. The minimum Gasteiger partial charge on any atom is -0.481 e. The normalized spacial score (nSPS) is 11.8. The summed E-state index contributed by atoms with van der Waals surface area (Å²) in [6, 6.07) is 5.95. The van der Waals surface area contributed by atoms with Crippen molar-refractivity contribution in [3.05, 3.63) is 29.8 Å². The van der Waals surface area contributed by atoms with Crippen molar-refractivity contribution in [2.24, 2.45) is 0 Å². The molecule has 20 heavy (non-hydrogen) atoms. The summed E-state index contributed by atoms with van der Waals surface area (Å²) in [5.74, 6) is -0.940. The first-order chi connectivity index (χ1) is 9.37. The van der Waals surface area contributed by atoms with E-state index in [1.807, 2.05) is 7.05 Å². The quantitative estimate of drug-likeness (QED) is 0.684. The molecule has 0 heterocycles. The van der Waals surface area contributed by atoms with Gasteiger partial charge in [-0.1, -0.05) is 12.1 Å². The molecule has 6 nitrogen and oxygen atoms in total. The van der Waals surface area contributed by atoms with E-state index in [0.29, 0.717) is 12.1 Å². The number of rotatable bonds is 8. The molecule has 0 aromatic heterocycles. The largest absolute Gasteiger partial charge is 0.481 e. The molecule has 1 aromatic rings. The molecule has 0 saturated carbocycles. The monoisotopic (exact) mass is 300 g/mol. The van der Waals surface area contributed by atoms with Crippen molar-refractivity contribution in [3.63, 3.8) is 0 Å². The highest BCUT2D eigenvalue weighted by atomic mass is 32.2. The van der Waals surface area contributed by atoms with Crippen LogP contribution in [0.2, 0.25) is 0 Å². The van der Waals surface area contributed by atoms with Gasteiger partial charge >= 0.3 is 5.97 Å². The van der Waals surface area contributed by atoms with E-state index in [-0.39, 0.29) is 11.3 Å². The summed E-state index contributed by atoms with van der Waals surface area (Å²) in [5.41, 5.74) is 0.578. The minimum absolute atomic E-state index is 0.113. The van der Waals surface area contributed by atoms with Gasteiger partial charge < -0.3 is 10.4 Å². The van der Waals surface area contributed by atoms with Crippen LogP contribution in [0.3, 0.4) is 0 Å². The fraction of sp³-hybridized carbons (Fsp3) is 0.462. The first kappa shape index (κ1) is 16.6. The maximum Gasteiger partial charge on any atom is 0.307 e. The Morgan fingerprint density at radius 2 is 1.90 bits per heavy atom. The zero-order chi connectivity index (χ0) is 15.2. The Morgan fingerprint density at radius 1 is 1.30 bits per heavy atom. The summed E-state index contributed by atoms with van der Waals surface area (Å²) in [5, 5.41) is 11.6. The number of carbonyl (C=O) groups is 1. The second-order valence-corrected chi connectivity index (χ2v) is 6.54. The summed E-state index contributed by atoms with van der Waals surface area (Å²) < 4.78 is 25.8. The van der Waals surface area contributed by atoms with Crippen molar-refractivity contribution in [2.45, 2.75) is 17.7 Å². The van der Waals surface area contributed by atoms with Gasteiger partial charge in [0.05, 0.1) is 11.3 Å². The van der Waals surface area contributed by atoms with E-state index in [1.54, 1.807) is 0 Å². The summed E-state index contributed by atoms with van der Waals surface area (Å²) >= 11 is 0. The fourth-order valence-electron chi connectivity index (χ4n) is 1.73. The van der Waals surface area contributed by atoms with Gasteiger partial charge in [0, 0.05) is 13.6 Å². The van der Waals surface area contributed by atoms with Crippen LogP contribution in [-0.4, -0.2) is 51.0 Å². The van der Waals surface area contributed by atoms with Crippen molar-refractivity contribution < 1.29 is 18.3 Å². The Labute approximate surface area is 119 Å². The van der Waals surface area contributed by atoms with E-state index in [2.05, 4.69) is 5.32 Å². The van der Waals surface area contributed by atoms with Gasteiger partial charge in [0.1, 0.15) is 0 Å². The second kappa shape index (κ2) is 7.37. The Kier molecular flexibility index (Phi) is 6.12. The number of nitrogens with one attached hydrogen (secondary N) is 1. The van der Waals surface area contributed by atoms with Crippen molar-refractivity contribution in [1.82, 2.24) is 9.62 Å². The van der Waals surface area contributed by atoms with Crippen molar-refractivity contribution >= 4 is 16.0 Å². The Hall–Kier alpha value is -1.44. The Balaban J connectivity index is 2.79. The predicted molar refractivity (Wildman–Crippen MR) is 76.1 cm³/mol. The number of aliphatic carboxylic acids is 1. The van der Waals surface area contributed by atoms with Crippen LogP contribution < -0.4 is 5.32 Å². The van der Waals surface area contributed by atoms with Crippen LogP contribution >= 0.6 is 0 Å². The zero-order valence-corrected chi connectivity index (χ0v) is 12.5. The molecule has 0 saturated heterocycles. The predicted octanol–water partition coefficient (Wildman–Crippen LogP) is 0.544. The van der Waals surface area contributed by atoms with Crippen LogP contribution in [0.4, 0.5) is 0 Å². The lowest BCUT2D eigenvalue weighted by molar-refractivity contribution is -0.136. The number of nitrogens with zero attached hydrogens (tertiary/aromatic N) is 1. The third-order valence-electron chi connectivity index (χ3n) is 2.89. The molecule has 0 atom stereocenters. The third-order valence-corrected chi connectivity index (χ3v) is 4.76. The van der Waals surface area contributed by atoms with Crippen LogP contribution in [0.25, 0.3) is 0 Å². The smallest absolute Gasteiger partial charge is 0.307 e. The number of carboxylic acid groups (broad SMARTS) is 1. The lowest BCUT2D eigenvalue weighted by Crippen LogP contribution is -2.29. The van der Waals surface area contributed by atoms with Crippen LogP contribution in [-0.2, 0) is 21.2 Å². The van der Waals surface area contributed by atoms with Crippen LogP contribution in [0.15, 0.2) is 29.2 Å². The molecular weight excluding hydrogens is 280 g/mol. The first-order valence-electron chi connectivity index (χ1n) is 6.29. The molecule has 0 bridgehead atoms. The van der Waals surface area contributed by atoms with Crippen LogP contribution in [0, 0.1) is 0 Å². The van der Waals surface area contributed by atoms with Crippen molar-refractivity contribution in [1.29, 1.82) is 0 Å². The average Bonchev–Trinajstić information content (AvgIpc) is 2.38. The van der Waals surface area contributed by atoms with Gasteiger partial charge in [-0.15, -0.1) is 0 Å². The van der Waals surface area contributed by atoms with Crippen molar-refractivity contribution in [2.75, 3.05) is 27.2 Å². The average molecular weight is 300 g/mol. The molecule has 0 aliphatic carbocycles. The molecule has 0 radical (unpaired) electrons. The Bertz CT molecular complexity index is 540. The van der Waals surface area contributed by atoms with E-state index in [1.165, 1.54) is 35.6 Å². The molecule has 0 aliphatic rings. The van der Waals surface area contributed by atoms with Gasteiger partial charge in [-0.2, -0.15) is 0 Å². The molecule has 7 heteroatoms. The SMILES string of the molecule is CNCCCN(C)S(=O)(=O)c1ccc(CC(=O)O)cc1. The van der Waals surface area contributed by atoms with E-state index < -0.39 is 16.0 Å². The molecule has 112 valence electrons. The number of benzene rings is 1. The zero-order valence-electron chi connectivity index (χ0n) is 11.7. The van der Waals surface area contributed by atoms with Gasteiger partial charge in [0.15, 0.2) is 0 Å². The van der Waals surface area contributed by atoms with Gasteiger partial charge in [0.25, 0.3) is 0 Å². The molecule has 0 spiro atoms. The van der Waals surface area contributed by atoms with Gasteiger partial charge in [-0.3, -0.25) is 4.79 Å². The van der Waals surface area contributed by atoms with E-state index >= 15 is 0 Å². The maximum atomic E-state index is 12.2. The molecule has 0 fully saturated rings. The first-order valence-corrected chi connectivity index (χ1v) is 7.73. The molecule has 1 aromatic carbocycles. The number of hydrogen-bond acceptors (Lipinski definition) is 4. The van der Waals surface area contributed by atoms with Gasteiger partial charge in [0.2, 0.25) is 10.0 Å². The molecule has 0 aliphatic heterocycles. The molecule has 2 N–H and O–H groups in total. The summed E-state index contributed by atoms with van der Waals surface area (Å²) in [7, 11) is -0.154. The van der Waals surface area contributed by atoms with E-state index in [4.69, 9.17) is 5.11 Å². The fourth-order valence-corrected chi connectivity index (χ4v) is 2.94. The topological polar surface area (TPSA) is 86.7 Å². The number of sulfonamides is 1. The van der Waals surface area contributed by atoms with Crippen LogP contribution in [0.1, 0.15) is 12.0 Å². The molecular formula is C13H20N2O4S. The van der Waals surface area contributed by atoms with Crippen molar-refractivity contribution in [3.8, 4) is 0 Å². The third kappa shape index (κ3) is 4.59. The second-order valence-electron chi connectivity index (χ2n) is 4.50. The van der Waals surface area contributed by atoms with E-state index in [9.17, 15) is 13.2 Å². The van der Waals surface area contributed by atoms with Gasteiger partial charge in [-0.25, -0.2) is 12.7 Å². The summed E-state index contributed by atoms with van der Waals surface area (Å²) in [4.78, 5) is 10.8. The lowest BCUT2D eigenvalue weighted by Gasteiger charge is -2.17. The molecule has 1 rings (SSSR count). The maximum absolute atomic E-state index is 12.2. The highest BCUT2D eigenvalue weighted by Crippen LogP contribution is 2.15. The number of hydrogen-bond donors (Lipinski definition) is 2. The summed E-state index contributed by atoms with van der Waals surface area (Å²) in [6.07, 6.45) is 0.613. The highest BCUT2D eigenvalue weighted by Gasteiger charge is 2.20. The summed E-state index contributed by atoms with van der Waals surface area (Å²) in [6.45, 7) is 1.18.